The van der Waals surface area contributed by atoms with E-state index in [-0.39, 0.29) is 5.91 Å². The van der Waals surface area contributed by atoms with Crippen LogP contribution in [-0.2, 0) is 16.9 Å². The van der Waals surface area contributed by atoms with E-state index >= 15 is 0 Å². The molecule has 0 unspecified atom stereocenters. The Morgan fingerprint density at radius 1 is 1.23 bits per heavy atom. The molecule has 0 aliphatic heterocycles. The maximum absolute atomic E-state index is 12.9. The van der Waals surface area contributed by atoms with Gasteiger partial charge in [0.15, 0.2) is 0 Å². The lowest BCUT2D eigenvalue weighted by atomic mass is 10.0. The van der Waals surface area contributed by atoms with Crippen LogP contribution in [0.25, 0.3) is 0 Å². The van der Waals surface area contributed by atoms with Crippen molar-refractivity contribution in [3.8, 4) is 0 Å². The van der Waals surface area contributed by atoms with Crippen LogP contribution in [0, 0.1) is 13.8 Å². The molecular formula is C19H22BrN5O. The Morgan fingerprint density at radius 2 is 1.92 bits per heavy atom. The molecule has 1 aromatic carbocycles. The van der Waals surface area contributed by atoms with Crippen molar-refractivity contribution < 1.29 is 4.79 Å². The van der Waals surface area contributed by atoms with Crippen LogP contribution in [0.4, 0.5) is 5.69 Å². The van der Waals surface area contributed by atoms with Crippen LogP contribution in [0.1, 0.15) is 30.8 Å². The molecule has 2 aromatic heterocycles. The van der Waals surface area contributed by atoms with E-state index in [1.54, 1.807) is 17.1 Å². The van der Waals surface area contributed by atoms with E-state index in [0.717, 1.165) is 27.1 Å². The summed E-state index contributed by atoms with van der Waals surface area (Å²) in [5.74, 6) is -0.140. The fourth-order valence-electron chi connectivity index (χ4n) is 2.77. The van der Waals surface area contributed by atoms with E-state index in [1.807, 2.05) is 50.6 Å². The number of nitrogens with zero attached hydrogens (tertiary/aromatic N) is 4. The lowest BCUT2D eigenvalue weighted by Crippen LogP contribution is -2.40. The lowest BCUT2D eigenvalue weighted by Gasteiger charge is -2.24. The Balaban J connectivity index is 1.82. The van der Waals surface area contributed by atoms with Crippen molar-refractivity contribution in [2.45, 2.75) is 39.8 Å². The molecule has 3 aromatic rings. The van der Waals surface area contributed by atoms with Crippen LogP contribution < -0.4 is 5.32 Å². The van der Waals surface area contributed by atoms with Gasteiger partial charge in [-0.3, -0.25) is 14.2 Å². The van der Waals surface area contributed by atoms with E-state index in [1.165, 1.54) is 0 Å². The number of hydrogen-bond acceptors (Lipinski definition) is 3. The highest BCUT2D eigenvalue weighted by Crippen LogP contribution is 2.24. The van der Waals surface area contributed by atoms with Gasteiger partial charge in [0.1, 0.15) is 5.54 Å². The van der Waals surface area contributed by atoms with Crippen molar-refractivity contribution in [3.63, 3.8) is 0 Å². The zero-order valence-corrected chi connectivity index (χ0v) is 16.9. The molecule has 0 spiro atoms. The summed E-state index contributed by atoms with van der Waals surface area (Å²) in [7, 11) is 0. The summed E-state index contributed by atoms with van der Waals surface area (Å²) in [5, 5.41) is 11.9. The van der Waals surface area contributed by atoms with Gasteiger partial charge in [-0.25, -0.2) is 0 Å². The monoisotopic (exact) mass is 415 g/mol. The first-order valence-electron chi connectivity index (χ1n) is 8.39. The van der Waals surface area contributed by atoms with Gasteiger partial charge in [0, 0.05) is 6.20 Å². The third kappa shape index (κ3) is 3.58. The van der Waals surface area contributed by atoms with Crippen LogP contribution in [0.3, 0.4) is 0 Å². The molecule has 2 heterocycles. The first-order valence-corrected chi connectivity index (χ1v) is 9.18. The number of aromatic nitrogens is 4. The van der Waals surface area contributed by atoms with Crippen molar-refractivity contribution in [2.24, 2.45) is 0 Å². The number of hydrogen-bond donors (Lipinski definition) is 1. The van der Waals surface area contributed by atoms with E-state index in [2.05, 4.69) is 43.6 Å². The number of benzene rings is 1. The first kappa shape index (κ1) is 18.4. The summed E-state index contributed by atoms with van der Waals surface area (Å²) < 4.78 is 4.39. The average Bonchev–Trinajstić information content (AvgIpc) is 3.15. The predicted molar refractivity (Wildman–Crippen MR) is 105 cm³/mol. The molecule has 0 radical (unpaired) electrons. The third-order valence-corrected chi connectivity index (χ3v) is 4.88. The van der Waals surface area contributed by atoms with Crippen LogP contribution in [0.15, 0.2) is 47.2 Å². The summed E-state index contributed by atoms with van der Waals surface area (Å²) in [5.41, 5.74) is 2.82. The largest absolute Gasteiger partial charge is 0.321 e. The number of carbonyl (C=O) groups is 1. The SMILES string of the molecule is Cc1nn(Cc2ccccc2)c(C)c1NC(=O)C(C)(C)n1cc(Br)cn1. The van der Waals surface area contributed by atoms with Gasteiger partial charge in [-0.1, -0.05) is 30.3 Å². The molecule has 136 valence electrons. The van der Waals surface area contributed by atoms with Crippen LogP contribution >= 0.6 is 15.9 Å². The quantitative estimate of drug-likeness (QED) is 0.687. The highest BCUT2D eigenvalue weighted by atomic mass is 79.9. The Labute approximate surface area is 161 Å². The minimum atomic E-state index is -0.827. The van der Waals surface area contributed by atoms with Gasteiger partial charge in [0.25, 0.3) is 5.91 Å². The summed E-state index contributed by atoms with van der Waals surface area (Å²) >= 11 is 3.37. The number of aryl methyl sites for hydroxylation is 1. The molecule has 1 amide bonds. The van der Waals surface area contributed by atoms with Gasteiger partial charge >= 0.3 is 0 Å². The number of anilines is 1. The fourth-order valence-corrected chi connectivity index (χ4v) is 3.05. The topological polar surface area (TPSA) is 64.7 Å². The van der Waals surface area contributed by atoms with Crippen molar-refractivity contribution in [2.75, 3.05) is 5.32 Å². The zero-order valence-electron chi connectivity index (χ0n) is 15.3. The second-order valence-corrected chi connectivity index (χ2v) is 7.72. The lowest BCUT2D eigenvalue weighted by molar-refractivity contribution is -0.123. The maximum Gasteiger partial charge on any atom is 0.251 e. The normalized spacial score (nSPS) is 11.6. The molecule has 0 aliphatic rings. The summed E-state index contributed by atoms with van der Waals surface area (Å²) in [6.07, 6.45) is 3.46. The van der Waals surface area contributed by atoms with E-state index in [9.17, 15) is 4.79 Å². The van der Waals surface area contributed by atoms with E-state index in [0.29, 0.717) is 6.54 Å². The molecule has 0 saturated heterocycles. The van der Waals surface area contributed by atoms with Gasteiger partial charge in [0.05, 0.1) is 34.3 Å². The minimum Gasteiger partial charge on any atom is -0.321 e. The summed E-state index contributed by atoms with van der Waals surface area (Å²) in [6, 6.07) is 10.1. The molecule has 3 rings (SSSR count). The molecule has 1 N–H and O–H groups in total. The van der Waals surface area contributed by atoms with Crippen molar-refractivity contribution in [3.05, 3.63) is 64.1 Å². The highest BCUT2D eigenvalue weighted by molar-refractivity contribution is 9.10. The van der Waals surface area contributed by atoms with Gasteiger partial charge in [-0.2, -0.15) is 10.2 Å². The van der Waals surface area contributed by atoms with Gasteiger partial charge in [-0.05, 0) is 49.2 Å². The maximum atomic E-state index is 12.9. The molecule has 0 fully saturated rings. The van der Waals surface area contributed by atoms with Gasteiger partial charge in [0.2, 0.25) is 0 Å². The summed E-state index contributed by atoms with van der Waals surface area (Å²) in [4.78, 5) is 12.9. The standard InChI is InChI=1S/C19H22BrN5O/c1-13-17(14(2)24(23-13)11-15-8-6-5-7-9-15)22-18(26)19(3,4)25-12-16(20)10-21-25/h5-10,12H,11H2,1-4H3,(H,22,26). The second kappa shape index (κ2) is 7.07. The van der Waals surface area contributed by atoms with Gasteiger partial charge in [-0.15, -0.1) is 0 Å². The molecular weight excluding hydrogens is 394 g/mol. The van der Waals surface area contributed by atoms with Gasteiger partial charge < -0.3 is 5.32 Å². The highest BCUT2D eigenvalue weighted by Gasteiger charge is 2.32. The van der Waals surface area contributed by atoms with Crippen LogP contribution in [0.5, 0.6) is 0 Å². The number of halogens is 1. The van der Waals surface area contributed by atoms with Crippen molar-refractivity contribution in [1.29, 1.82) is 0 Å². The van der Waals surface area contributed by atoms with Crippen molar-refractivity contribution >= 4 is 27.5 Å². The zero-order chi connectivity index (χ0) is 18.9. The average molecular weight is 416 g/mol. The Hall–Kier alpha value is -2.41. The van der Waals surface area contributed by atoms with Crippen LogP contribution in [-0.4, -0.2) is 25.5 Å². The molecule has 0 aliphatic carbocycles. The van der Waals surface area contributed by atoms with E-state index in [4.69, 9.17) is 0 Å². The molecule has 6 nitrogen and oxygen atoms in total. The molecule has 0 bridgehead atoms. The number of amides is 1. The minimum absolute atomic E-state index is 0.140. The molecule has 26 heavy (non-hydrogen) atoms. The Kier molecular flexibility index (Phi) is 5.00. The summed E-state index contributed by atoms with van der Waals surface area (Å²) in [6.45, 7) is 8.21. The molecule has 7 heteroatoms. The second-order valence-electron chi connectivity index (χ2n) is 6.81. The van der Waals surface area contributed by atoms with E-state index < -0.39 is 5.54 Å². The van der Waals surface area contributed by atoms with Crippen molar-refractivity contribution in [1.82, 2.24) is 19.6 Å². The smallest absolute Gasteiger partial charge is 0.251 e. The third-order valence-electron chi connectivity index (χ3n) is 4.47. The molecule has 0 saturated carbocycles. The molecule has 0 atom stereocenters. The number of carbonyl (C=O) groups excluding carboxylic acids is 1. The Morgan fingerprint density at radius 3 is 2.54 bits per heavy atom. The Bertz CT molecular complexity index is 927. The van der Waals surface area contributed by atoms with Crippen LogP contribution in [0.2, 0.25) is 0 Å². The number of rotatable bonds is 5. The fraction of sp³-hybridized carbons (Fsp3) is 0.316. The first-order chi connectivity index (χ1) is 12.3. The predicted octanol–water partition coefficient (Wildman–Crippen LogP) is 3.88. The number of nitrogens with one attached hydrogen (secondary N) is 1.